The van der Waals surface area contributed by atoms with Crippen LogP contribution in [-0.2, 0) is 38.8 Å². The molecular weight excluding hydrogens is 935 g/mol. The van der Waals surface area contributed by atoms with Crippen molar-refractivity contribution in [3.8, 4) is 40.1 Å². The van der Waals surface area contributed by atoms with Crippen molar-refractivity contribution in [3.05, 3.63) is 161 Å². The smallest absolute Gasteiger partial charge is 0.336 e. The number of piperazine rings is 1. The molecule has 3 aliphatic rings. The first-order chi connectivity index (χ1) is 35.6. The number of nitrogens with zero attached hydrogens (tertiary/aromatic N) is 9. The summed E-state index contributed by atoms with van der Waals surface area (Å²) < 4.78 is 31.8. The van der Waals surface area contributed by atoms with Gasteiger partial charge in [-0.1, -0.05) is 73.3 Å². The molecule has 19 heteroatoms. The summed E-state index contributed by atoms with van der Waals surface area (Å²) in [5, 5.41) is 14.4. The van der Waals surface area contributed by atoms with Crippen LogP contribution in [0.25, 0.3) is 49.7 Å². The van der Waals surface area contributed by atoms with Crippen molar-refractivity contribution < 1.29 is 42.9 Å². The minimum Gasteiger partial charge on any atom is -0.490 e. The van der Waals surface area contributed by atoms with E-state index in [0.717, 1.165) is 83.5 Å². The zero-order chi connectivity index (χ0) is 50.2. The Morgan fingerprint density at radius 3 is 1.99 bits per heavy atom. The van der Waals surface area contributed by atoms with E-state index in [1.54, 1.807) is 0 Å². The van der Waals surface area contributed by atoms with Gasteiger partial charge in [0.25, 0.3) is 5.56 Å². The van der Waals surface area contributed by atoms with Crippen molar-refractivity contribution in [2.45, 2.75) is 26.1 Å². The molecule has 0 N–H and O–H groups in total. The predicted octanol–water partition coefficient (Wildman–Crippen LogP) is 5.84. The second-order valence-electron chi connectivity index (χ2n) is 17.5. The molecule has 1 saturated heterocycles. The van der Waals surface area contributed by atoms with Gasteiger partial charge in [-0.05, 0) is 64.9 Å². The van der Waals surface area contributed by atoms with Gasteiger partial charge in [-0.25, -0.2) is 28.8 Å². The fourth-order valence-electron chi connectivity index (χ4n) is 9.32. The summed E-state index contributed by atoms with van der Waals surface area (Å²) in [6.45, 7) is 8.53. The number of pyridine rings is 3. The SMILES string of the molecule is C=C(c1cccc(Cn2nnnc2-c2c3c4c(c(OC)c5c(c4n(CCCN4CCN(Cc6ccc7ccccc7n6)CC4)c2=O)OC(=O)/C=C\C(=O)O5)OC(=O)/C=C\C(=O)O3)c1)c1ccc2ccccc2n1. The summed E-state index contributed by atoms with van der Waals surface area (Å²) in [6, 6.07) is 31.3. The normalized spacial score (nSPS) is 16.0. The van der Waals surface area contributed by atoms with E-state index in [4.69, 9.17) is 33.7 Å². The number of esters is 4. The van der Waals surface area contributed by atoms with Gasteiger partial charge in [-0.3, -0.25) is 14.7 Å². The Bertz CT molecular complexity index is 3720. The molecule has 364 valence electrons. The highest BCUT2D eigenvalue weighted by Gasteiger charge is 2.37. The molecule has 0 atom stereocenters. The van der Waals surface area contributed by atoms with Gasteiger partial charge in [0.2, 0.25) is 17.2 Å². The molecule has 0 radical (unpaired) electrons. The topological polar surface area (TPSA) is 212 Å². The standard InChI is InChI=1S/C54H43N9O10/c1-32(38-18-16-35-11-4-6-14-40(35)56-38)36-12-7-9-33(29-36)30-63-53(57-58-59-63)46-48-45-47(50-52(73-44(67)22-21-43(66)72-50)51(69-2)49(45)71-42(65)20-19-41(64)70-48)62(54(46)68)24-8-23-60-25-27-61(28-26-60)31-37-17-15-34-10-3-5-13-39(34)55-37/h3-7,9-22,29H,1,8,23-28,30-31H2,2H3/b20-19-,22-21-. The molecule has 73 heavy (non-hydrogen) atoms. The average molecular weight is 978 g/mol. The van der Waals surface area contributed by atoms with Crippen LogP contribution < -0.4 is 29.2 Å². The largest absolute Gasteiger partial charge is 0.490 e. The van der Waals surface area contributed by atoms with Gasteiger partial charge < -0.3 is 33.2 Å². The summed E-state index contributed by atoms with van der Waals surface area (Å²) >= 11 is 0. The van der Waals surface area contributed by atoms with Crippen LogP contribution in [0.3, 0.4) is 0 Å². The lowest BCUT2D eigenvalue weighted by Crippen LogP contribution is -2.46. The number of fused-ring (bicyclic) bond motifs is 4. The van der Waals surface area contributed by atoms with Crippen LogP contribution in [0.5, 0.6) is 28.7 Å². The number of carbonyl (C=O) groups excluding carboxylic acids is 4. The number of methoxy groups -OCH3 is 1. The number of benzene rings is 4. The van der Waals surface area contributed by atoms with Gasteiger partial charge in [0.05, 0.1) is 41.5 Å². The molecule has 0 spiro atoms. The molecule has 7 heterocycles. The number of rotatable bonds is 12. The van der Waals surface area contributed by atoms with Crippen LogP contribution >= 0.6 is 0 Å². The molecule has 4 aromatic heterocycles. The van der Waals surface area contributed by atoms with E-state index in [9.17, 15) is 19.2 Å². The van der Waals surface area contributed by atoms with Crippen LogP contribution in [-0.4, -0.2) is 108 Å². The lowest BCUT2D eigenvalue weighted by atomic mass is 10.0. The molecule has 1 fully saturated rings. The lowest BCUT2D eigenvalue weighted by Gasteiger charge is -2.34. The van der Waals surface area contributed by atoms with E-state index in [-0.39, 0.29) is 41.1 Å². The van der Waals surface area contributed by atoms with Gasteiger partial charge in [-0.2, -0.15) is 0 Å². The molecule has 19 nitrogen and oxygen atoms in total. The number of ether oxygens (including phenoxy) is 5. The minimum atomic E-state index is -1.07. The van der Waals surface area contributed by atoms with Crippen molar-refractivity contribution in [1.82, 2.24) is 44.5 Å². The Morgan fingerprint density at radius 1 is 0.644 bits per heavy atom. The number of para-hydroxylation sites is 2. The third-order valence-corrected chi connectivity index (χ3v) is 12.8. The highest BCUT2D eigenvalue weighted by atomic mass is 16.6. The molecule has 11 rings (SSSR count). The number of carbonyl (C=O) groups is 4. The first-order valence-electron chi connectivity index (χ1n) is 23.4. The highest BCUT2D eigenvalue weighted by molar-refractivity contribution is 6.10. The Kier molecular flexibility index (Phi) is 12.4. The van der Waals surface area contributed by atoms with Crippen molar-refractivity contribution in [1.29, 1.82) is 0 Å². The van der Waals surface area contributed by atoms with Crippen molar-refractivity contribution in [2.75, 3.05) is 39.8 Å². The predicted molar refractivity (Wildman–Crippen MR) is 266 cm³/mol. The van der Waals surface area contributed by atoms with E-state index < -0.39 is 52.4 Å². The summed E-state index contributed by atoms with van der Waals surface area (Å²) in [7, 11) is 1.21. The minimum absolute atomic E-state index is 0.0114. The third kappa shape index (κ3) is 9.21. The van der Waals surface area contributed by atoms with E-state index in [1.165, 1.54) is 16.4 Å². The molecule has 8 aromatic rings. The van der Waals surface area contributed by atoms with Gasteiger partial charge in [0.1, 0.15) is 11.1 Å². The van der Waals surface area contributed by atoms with E-state index in [0.29, 0.717) is 36.3 Å². The maximum absolute atomic E-state index is 15.6. The van der Waals surface area contributed by atoms with Crippen LogP contribution in [0.2, 0.25) is 0 Å². The quantitative estimate of drug-likeness (QED) is 0.104. The zero-order valence-corrected chi connectivity index (χ0v) is 39.2. The van der Waals surface area contributed by atoms with E-state index in [1.807, 2.05) is 84.9 Å². The van der Waals surface area contributed by atoms with Gasteiger partial charge >= 0.3 is 23.9 Å². The van der Waals surface area contributed by atoms with Crippen LogP contribution in [0.4, 0.5) is 0 Å². The maximum Gasteiger partial charge on any atom is 0.336 e. The number of hydrogen-bond donors (Lipinski definition) is 0. The van der Waals surface area contributed by atoms with Crippen molar-refractivity contribution in [3.63, 3.8) is 0 Å². The highest BCUT2D eigenvalue weighted by Crippen LogP contribution is 2.55. The Morgan fingerprint density at radius 2 is 1.27 bits per heavy atom. The Labute approximate surface area is 415 Å². The van der Waals surface area contributed by atoms with Crippen LogP contribution in [0.15, 0.2) is 133 Å². The molecule has 4 aromatic carbocycles. The summed E-state index contributed by atoms with van der Waals surface area (Å²) in [4.78, 5) is 83.3. The Balaban J connectivity index is 0.983. The van der Waals surface area contributed by atoms with Crippen molar-refractivity contribution >= 4 is 62.2 Å². The zero-order valence-electron chi connectivity index (χ0n) is 39.2. The monoisotopic (exact) mass is 977 g/mol. The molecule has 0 aliphatic carbocycles. The third-order valence-electron chi connectivity index (χ3n) is 12.8. The first-order valence-corrected chi connectivity index (χ1v) is 23.4. The number of tetrazole rings is 1. The van der Waals surface area contributed by atoms with Crippen LogP contribution in [0, 0.1) is 0 Å². The van der Waals surface area contributed by atoms with E-state index >= 15 is 4.79 Å². The second-order valence-corrected chi connectivity index (χ2v) is 17.5. The fraction of sp³-hybridized carbons (Fsp3) is 0.185. The van der Waals surface area contributed by atoms with Crippen LogP contribution in [0.1, 0.15) is 28.9 Å². The fourth-order valence-corrected chi connectivity index (χ4v) is 9.32. The van der Waals surface area contributed by atoms with Gasteiger partial charge in [0, 0.05) is 79.9 Å². The summed E-state index contributed by atoms with van der Waals surface area (Å²) in [5.41, 5.74) is 4.30. The van der Waals surface area contributed by atoms with E-state index in [2.05, 4.69) is 44.0 Å². The Hall–Kier alpha value is -9.20. The molecule has 3 aliphatic heterocycles. The number of aromatic nitrogens is 7. The van der Waals surface area contributed by atoms with Crippen molar-refractivity contribution in [2.24, 2.45) is 0 Å². The number of aryl methyl sites for hydroxylation is 1. The molecule has 0 unspecified atom stereocenters. The average Bonchev–Trinajstić information content (AvgIpc) is 3.87. The van der Waals surface area contributed by atoms with Gasteiger partial charge in [-0.15, -0.1) is 5.10 Å². The second kappa shape index (κ2) is 19.5. The molecule has 0 saturated carbocycles. The molecular formula is C54H43N9O10. The summed E-state index contributed by atoms with van der Waals surface area (Å²) in [6.07, 6.45) is 3.72. The number of hydrogen-bond acceptors (Lipinski definition) is 17. The summed E-state index contributed by atoms with van der Waals surface area (Å²) in [5.74, 6) is -6.38. The molecule has 0 amide bonds. The first kappa shape index (κ1) is 46.2. The molecule has 0 bridgehead atoms. The maximum atomic E-state index is 15.6. The van der Waals surface area contributed by atoms with Gasteiger partial charge in [0.15, 0.2) is 17.3 Å². The lowest BCUT2D eigenvalue weighted by molar-refractivity contribution is -0.133.